The van der Waals surface area contributed by atoms with E-state index < -0.39 is 27.7 Å². The van der Waals surface area contributed by atoms with Crippen molar-refractivity contribution in [3.63, 3.8) is 0 Å². The highest BCUT2D eigenvalue weighted by Gasteiger charge is 2.33. The molecule has 134 valence electrons. The number of hydrogen-bond acceptors (Lipinski definition) is 4. The smallest absolute Gasteiger partial charge is 0.303 e. The van der Waals surface area contributed by atoms with Gasteiger partial charge in [-0.25, -0.2) is 12.8 Å². The molecule has 0 aromatic heterocycles. The van der Waals surface area contributed by atoms with Crippen molar-refractivity contribution in [2.45, 2.75) is 36.7 Å². The number of carboxylic acids is 1. The average Bonchev–Trinajstić information content (AvgIpc) is 3.30. The average molecular weight is 380 g/mol. The van der Waals surface area contributed by atoms with Crippen LogP contribution in [0.4, 0.5) is 4.39 Å². The van der Waals surface area contributed by atoms with Gasteiger partial charge in [-0.15, -0.1) is 0 Å². The van der Waals surface area contributed by atoms with Gasteiger partial charge in [0, 0.05) is 13.6 Å². The van der Waals surface area contributed by atoms with Gasteiger partial charge in [0.2, 0.25) is 10.0 Å². The number of halogens is 2. The molecule has 9 heteroatoms. The fourth-order valence-electron chi connectivity index (χ4n) is 2.48. The van der Waals surface area contributed by atoms with Gasteiger partial charge in [0.05, 0.1) is 24.2 Å². The molecule has 1 unspecified atom stereocenters. The lowest BCUT2D eigenvalue weighted by molar-refractivity contribution is -0.137. The van der Waals surface area contributed by atoms with Crippen LogP contribution in [0.15, 0.2) is 17.0 Å². The molecule has 1 aliphatic rings. The number of nitrogens with zero attached hydrogens (tertiary/aromatic N) is 1. The van der Waals surface area contributed by atoms with Crippen LogP contribution < -0.4 is 0 Å². The van der Waals surface area contributed by atoms with Gasteiger partial charge in [0.1, 0.15) is 10.7 Å². The lowest BCUT2D eigenvalue weighted by Crippen LogP contribution is -2.31. The zero-order chi connectivity index (χ0) is 18.1. The minimum absolute atomic E-state index is 0.131. The summed E-state index contributed by atoms with van der Waals surface area (Å²) >= 11 is 6.22. The van der Waals surface area contributed by atoms with E-state index in [4.69, 9.17) is 21.4 Å². The molecule has 1 N–H and O–H groups in total. The maximum absolute atomic E-state index is 14.0. The van der Waals surface area contributed by atoms with Crippen LogP contribution in [0.5, 0.6) is 0 Å². The van der Waals surface area contributed by atoms with E-state index >= 15 is 0 Å². The number of rotatable bonds is 8. The van der Waals surface area contributed by atoms with Crippen molar-refractivity contribution in [3.05, 3.63) is 28.5 Å². The molecule has 0 aliphatic carbocycles. The Bertz CT molecular complexity index is 736. The summed E-state index contributed by atoms with van der Waals surface area (Å²) in [5, 5.41) is 8.85. The number of carboxylic acid groups (broad SMARTS) is 1. The summed E-state index contributed by atoms with van der Waals surface area (Å²) in [6.07, 6.45) is -0.0296. The number of ether oxygens (including phenoxy) is 1. The van der Waals surface area contributed by atoms with Crippen molar-refractivity contribution in [1.29, 1.82) is 0 Å². The Hall–Kier alpha value is -1.22. The summed E-state index contributed by atoms with van der Waals surface area (Å²) in [6.45, 7) is 2.37. The van der Waals surface area contributed by atoms with Gasteiger partial charge in [-0.05, 0) is 30.0 Å². The van der Waals surface area contributed by atoms with Crippen LogP contribution in [0, 0.1) is 5.82 Å². The molecule has 0 radical (unpaired) electrons. The number of benzene rings is 1. The molecule has 1 aromatic rings. The van der Waals surface area contributed by atoms with Crippen molar-refractivity contribution in [1.82, 2.24) is 4.31 Å². The van der Waals surface area contributed by atoms with Gasteiger partial charge < -0.3 is 9.84 Å². The molecule has 2 rings (SSSR count). The molecule has 1 heterocycles. The van der Waals surface area contributed by atoms with Gasteiger partial charge in [0.15, 0.2) is 0 Å². The van der Waals surface area contributed by atoms with Crippen LogP contribution in [-0.4, -0.2) is 50.1 Å². The molecule has 1 aliphatic heterocycles. The van der Waals surface area contributed by atoms with Gasteiger partial charge in [-0.2, -0.15) is 4.31 Å². The number of aliphatic carboxylic acids is 1. The summed E-state index contributed by atoms with van der Waals surface area (Å²) in [7, 11) is -2.64. The summed E-state index contributed by atoms with van der Waals surface area (Å²) in [6, 6.07) is 1.96. The molecule has 1 aromatic carbocycles. The molecular formula is C15H19ClFNO5S. The third-order valence-electron chi connectivity index (χ3n) is 3.94. The van der Waals surface area contributed by atoms with E-state index in [2.05, 4.69) is 0 Å². The van der Waals surface area contributed by atoms with Crippen LogP contribution in [0.25, 0.3) is 0 Å². The molecule has 0 amide bonds. The number of hydrogen-bond donors (Lipinski definition) is 1. The minimum Gasteiger partial charge on any atom is -0.481 e. The standard InChI is InChI=1S/C15H19ClFNO5S/c1-3-9(4-14(19)20)12-5-10(17)6-13(15(12)16)24(21,22)18(2)7-11-8-23-11/h5-6,9,11H,3-4,7-8H2,1-2H3,(H,19,20)/t9-,11?/m0/s1. The molecule has 0 bridgehead atoms. The first-order valence-corrected chi connectivity index (χ1v) is 9.27. The van der Waals surface area contributed by atoms with Crippen LogP contribution >= 0.6 is 11.6 Å². The third kappa shape index (κ3) is 4.24. The van der Waals surface area contributed by atoms with E-state index in [-0.39, 0.29) is 34.6 Å². The predicted octanol–water partition coefficient (Wildman–Crippen LogP) is 2.47. The minimum atomic E-state index is -4.01. The Labute approximate surface area is 145 Å². The highest BCUT2D eigenvalue weighted by atomic mass is 35.5. The van der Waals surface area contributed by atoms with Crippen molar-refractivity contribution < 1.29 is 27.4 Å². The number of epoxide rings is 1. The number of likely N-dealkylation sites (N-methyl/N-ethyl adjacent to an activating group) is 1. The Morgan fingerprint density at radius 3 is 2.67 bits per heavy atom. The maximum Gasteiger partial charge on any atom is 0.303 e. The summed E-state index contributed by atoms with van der Waals surface area (Å²) < 4.78 is 45.4. The Morgan fingerprint density at radius 2 is 2.17 bits per heavy atom. The third-order valence-corrected chi connectivity index (χ3v) is 6.32. The van der Waals surface area contributed by atoms with E-state index in [1.807, 2.05) is 0 Å². The predicted molar refractivity (Wildman–Crippen MR) is 86.3 cm³/mol. The topological polar surface area (TPSA) is 87.2 Å². The van der Waals surface area contributed by atoms with Crippen molar-refractivity contribution in [3.8, 4) is 0 Å². The van der Waals surface area contributed by atoms with Crippen molar-refractivity contribution in [2.75, 3.05) is 20.2 Å². The largest absolute Gasteiger partial charge is 0.481 e. The molecule has 6 nitrogen and oxygen atoms in total. The van der Waals surface area contributed by atoms with E-state index in [1.54, 1.807) is 6.92 Å². The second-order valence-corrected chi connectivity index (χ2v) is 8.14. The van der Waals surface area contributed by atoms with Crippen LogP contribution in [-0.2, 0) is 19.6 Å². The van der Waals surface area contributed by atoms with Gasteiger partial charge in [-0.3, -0.25) is 4.79 Å². The van der Waals surface area contributed by atoms with Crippen LogP contribution in [0.1, 0.15) is 31.2 Å². The van der Waals surface area contributed by atoms with Gasteiger partial charge in [0.25, 0.3) is 0 Å². The van der Waals surface area contributed by atoms with Crippen LogP contribution in [0.3, 0.4) is 0 Å². The van der Waals surface area contributed by atoms with E-state index in [1.165, 1.54) is 7.05 Å². The molecule has 0 spiro atoms. The first-order valence-electron chi connectivity index (χ1n) is 7.45. The summed E-state index contributed by atoms with van der Waals surface area (Å²) in [5.41, 5.74) is 0.191. The molecule has 1 fully saturated rings. The van der Waals surface area contributed by atoms with E-state index in [9.17, 15) is 17.6 Å². The Morgan fingerprint density at radius 1 is 1.54 bits per heavy atom. The normalized spacial score (nSPS) is 18.6. The second-order valence-electron chi connectivity index (χ2n) is 5.75. The van der Waals surface area contributed by atoms with Gasteiger partial charge >= 0.3 is 5.97 Å². The Balaban J connectivity index is 2.45. The van der Waals surface area contributed by atoms with Gasteiger partial charge in [-0.1, -0.05) is 18.5 Å². The summed E-state index contributed by atoms with van der Waals surface area (Å²) in [5.74, 6) is -2.40. The highest BCUT2D eigenvalue weighted by molar-refractivity contribution is 7.89. The first-order chi connectivity index (χ1) is 11.2. The zero-order valence-electron chi connectivity index (χ0n) is 13.3. The molecule has 2 atom stereocenters. The quantitative estimate of drug-likeness (QED) is 0.701. The van der Waals surface area contributed by atoms with Crippen molar-refractivity contribution >= 4 is 27.6 Å². The lowest BCUT2D eigenvalue weighted by Gasteiger charge is -2.21. The Kier molecular flexibility index (Phi) is 5.85. The fraction of sp³-hybridized carbons (Fsp3) is 0.533. The monoisotopic (exact) mass is 379 g/mol. The second kappa shape index (κ2) is 7.35. The number of sulfonamides is 1. The summed E-state index contributed by atoms with van der Waals surface area (Å²) in [4.78, 5) is 10.6. The highest BCUT2D eigenvalue weighted by Crippen LogP contribution is 2.36. The first kappa shape index (κ1) is 19.1. The zero-order valence-corrected chi connectivity index (χ0v) is 14.9. The molecular weight excluding hydrogens is 361 g/mol. The van der Waals surface area contributed by atoms with Crippen LogP contribution in [0.2, 0.25) is 5.02 Å². The maximum atomic E-state index is 14.0. The fourth-order valence-corrected chi connectivity index (χ4v) is 4.34. The lowest BCUT2D eigenvalue weighted by atomic mass is 9.93. The van der Waals surface area contributed by atoms with Crippen molar-refractivity contribution in [2.24, 2.45) is 0 Å². The molecule has 0 saturated carbocycles. The molecule has 1 saturated heterocycles. The van der Waals surface area contributed by atoms with E-state index in [0.717, 1.165) is 16.4 Å². The SMILES string of the molecule is CC[C@@H](CC(=O)O)c1cc(F)cc(S(=O)(=O)N(C)CC2CO2)c1Cl. The molecule has 24 heavy (non-hydrogen) atoms. The number of carbonyl (C=O) groups is 1. The van der Waals surface area contributed by atoms with E-state index in [0.29, 0.717) is 13.0 Å².